The summed E-state index contributed by atoms with van der Waals surface area (Å²) in [7, 11) is 1.90. The molecule has 0 radical (unpaired) electrons. The third-order valence-electron chi connectivity index (χ3n) is 3.12. The van der Waals surface area contributed by atoms with E-state index in [1.54, 1.807) is 0 Å². The lowest BCUT2D eigenvalue weighted by atomic mass is 9.95. The quantitative estimate of drug-likeness (QED) is 0.841. The number of nitrogens with zero attached hydrogens (tertiary/aromatic N) is 2. The molecular formula is C15H28N4S. The van der Waals surface area contributed by atoms with Crippen LogP contribution in [0.5, 0.6) is 0 Å². The molecule has 1 heterocycles. The lowest BCUT2D eigenvalue weighted by Crippen LogP contribution is -2.21. The first kappa shape index (κ1) is 17.1. The molecular weight excluding hydrogens is 268 g/mol. The molecule has 1 aromatic rings. The molecule has 20 heavy (non-hydrogen) atoms. The highest BCUT2D eigenvalue weighted by atomic mass is 32.2. The van der Waals surface area contributed by atoms with Crippen LogP contribution >= 0.6 is 11.8 Å². The van der Waals surface area contributed by atoms with Crippen LogP contribution in [0.15, 0.2) is 0 Å². The van der Waals surface area contributed by atoms with Crippen molar-refractivity contribution in [1.29, 1.82) is 0 Å². The van der Waals surface area contributed by atoms with Gasteiger partial charge in [-0.25, -0.2) is 9.97 Å². The summed E-state index contributed by atoms with van der Waals surface area (Å²) < 4.78 is 0. The van der Waals surface area contributed by atoms with Gasteiger partial charge in [-0.2, -0.15) is 11.8 Å². The molecule has 0 fully saturated rings. The summed E-state index contributed by atoms with van der Waals surface area (Å²) in [4.78, 5) is 9.34. The average Bonchev–Trinajstić information content (AvgIpc) is 2.36. The second-order valence-corrected chi connectivity index (χ2v) is 7.22. The normalized spacial score (nSPS) is 13.2. The second kappa shape index (κ2) is 7.16. The summed E-state index contributed by atoms with van der Waals surface area (Å²) in [6, 6.07) is 0. The molecule has 4 nitrogen and oxygen atoms in total. The molecule has 0 bridgehead atoms. The number of hydrogen-bond acceptors (Lipinski definition) is 5. The molecule has 114 valence electrons. The van der Waals surface area contributed by atoms with Gasteiger partial charge in [-0.3, -0.25) is 0 Å². The fraction of sp³-hybridized carbons (Fsp3) is 0.733. The van der Waals surface area contributed by atoms with E-state index < -0.39 is 0 Å². The zero-order valence-corrected chi connectivity index (χ0v) is 14.6. The van der Waals surface area contributed by atoms with Crippen molar-refractivity contribution in [2.24, 2.45) is 5.92 Å². The van der Waals surface area contributed by atoms with Crippen molar-refractivity contribution in [1.82, 2.24) is 9.97 Å². The minimum Gasteiger partial charge on any atom is -0.373 e. The fourth-order valence-corrected chi connectivity index (χ4v) is 2.57. The van der Waals surface area contributed by atoms with E-state index in [-0.39, 0.29) is 5.41 Å². The molecule has 1 unspecified atom stereocenters. The van der Waals surface area contributed by atoms with Crippen LogP contribution < -0.4 is 10.6 Å². The maximum absolute atomic E-state index is 4.72. The SMILES string of the molecule is CNc1nc(C(C)(C)C)nc(NCC(C)CSC)c1C. The van der Waals surface area contributed by atoms with E-state index in [1.807, 2.05) is 18.8 Å². The molecule has 1 rings (SSSR count). The number of nitrogens with one attached hydrogen (secondary N) is 2. The Kier molecular flexibility index (Phi) is 6.11. The number of rotatable bonds is 6. The zero-order valence-electron chi connectivity index (χ0n) is 13.8. The van der Waals surface area contributed by atoms with Gasteiger partial charge in [0.25, 0.3) is 0 Å². The third-order valence-corrected chi connectivity index (χ3v) is 4.02. The van der Waals surface area contributed by atoms with Crippen molar-refractivity contribution in [2.75, 3.05) is 36.2 Å². The van der Waals surface area contributed by atoms with Gasteiger partial charge in [-0.15, -0.1) is 0 Å². The molecule has 5 heteroatoms. The lowest BCUT2D eigenvalue weighted by molar-refractivity contribution is 0.545. The molecule has 2 N–H and O–H groups in total. The first-order valence-electron chi connectivity index (χ1n) is 7.09. The maximum Gasteiger partial charge on any atom is 0.138 e. The van der Waals surface area contributed by atoms with Crippen LogP contribution in [-0.2, 0) is 5.41 Å². The molecule has 0 aliphatic carbocycles. The molecule has 0 amide bonds. The molecule has 0 saturated heterocycles. The Morgan fingerprint density at radius 1 is 1.20 bits per heavy atom. The highest BCUT2D eigenvalue weighted by molar-refractivity contribution is 7.98. The minimum atomic E-state index is -0.0549. The third kappa shape index (κ3) is 4.54. The smallest absolute Gasteiger partial charge is 0.138 e. The van der Waals surface area contributed by atoms with Gasteiger partial charge in [0.05, 0.1) is 0 Å². The van der Waals surface area contributed by atoms with E-state index in [4.69, 9.17) is 4.98 Å². The van der Waals surface area contributed by atoms with Crippen LogP contribution in [0.3, 0.4) is 0 Å². The van der Waals surface area contributed by atoms with Crippen molar-refractivity contribution in [2.45, 2.75) is 40.0 Å². The molecule has 0 aliphatic rings. The van der Waals surface area contributed by atoms with Gasteiger partial charge < -0.3 is 10.6 Å². The van der Waals surface area contributed by atoms with E-state index in [9.17, 15) is 0 Å². The van der Waals surface area contributed by atoms with Crippen molar-refractivity contribution in [3.63, 3.8) is 0 Å². The number of thioether (sulfide) groups is 1. The highest BCUT2D eigenvalue weighted by Gasteiger charge is 2.21. The van der Waals surface area contributed by atoms with Crippen LogP contribution in [0.1, 0.15) is 39.1 Å². The predicted molar refractivity (Wildman–Crippen MR) is 91.1 cm³/mol. The standard InChI is InChI=1S/C15H28N4S/c1-10(9-20-7)8-17-13-11(2)12(16-6)18-14(19-13)15(3,4)5/h10H,8-9H2,1-7H3,(H2,16,17,18,19). The van der Waals surface area contributed by atoms with Crippen LogP contribution in [0.4, 0.5) is 11.6 Å². The summed E-state index contributed by atoms with van der Waals surface area (Å²) >= 11 is 1.88. The molecule has 0 aromatic carbocycles. The van der Waals surface area contributed by atoms with Crippen LogP contribution in [0.25, 0.3) is 0 Å². The maximum atomic E-state index is 4.72. The second-order valence-electron chi connectivity index (χ2n) is 6.31. The molecule has 0 aliphatic heterocycles. The number of anilines is 2. The molecule has 1 aromatic heterocycles. The van der Waals surface area contributed by atoms with Crippen LogP contribution in [0.2, 0.25) is 0 Å². The monoisotopic (exact) mass is 296 g/mol. The van der Waals surface area contributed by atoms with Crippen molar-refractivity contribution >= 4 is 23.4 Å². The number of aromatic nitrogens is 2. The van der Waals surface area contributed by atoms with Crippen molar-refractivity contribution < 1.29 is 0 Å². The molecule has 0 saturated carbocycles. The minimum absolute atomic E-state index is 0.0549. The summed E-state index contributed by atoms with van der Waals surface area (Å²) in [5.74, 6) is 4.50. The molecule has 0 spiro atoms. The Hall–Kier alpha value is -0.970. The van der Waals surface area contributed by atoms with Crippen molar-refractivity contribution in [3.8, 4) is 0 Å². The summed E-state index contributed by atoms with van der Waals surface area (Å²) in [6.45, 7) is 11.7. The van der Waals surface area contributed by atoms with E-state index in [0.29, 0.717) is 5.92 Å². The van der Waals surface area contributed by atoms with Gasteiger partial charge in [0.2, 0.25) is 0 Å². The topological polar surface area (TPSA) is 49.8 Å². The lowest BCUT2D eigenvalue weighted by Gasteiger charge is -2.21. The summed E-state index contributed by atoms with van der Waals surface area (Å²) in [5, 5.41) is 6.65. The Bertz CT molecular complexity index is 440. The Balaban J connectivity index is 2.99. The van der Waals surface area contributed by atoms with E-state index in [0.717, 1.165) is 35.3 Å². The van der Waals surface area contributed by atoms with Crippen LogP contribution in [-0.4, -0.2) is 35.6 Å². The first-order chi connectivity index (χ1) is 9.29. The largest absolute Gasteiger partial charge is 0.373 e. The Morgan fingerprint density at radius 3 is 2.30 bits per heavy atom. The van der Waals surface area contributed by atoms with Gasteiger partial charge >= 0.3 is 0 Å². The van der Waals surface area contributed by atoms with Crippen LogP contribution in [0, 0.1) is 12.8 Å². The van der Waals surface area contributed by atoms with Gasteiger partial charge in [0, 0.05) is 24.6 Å². The van der Waals surface area contributed by atoms with E-state index in [2.05, 4.69) is 56.5 Å². The Morgan fingerprint density at radius 2 is 1.80 bits per heavy atom. The van der Waals surface area contributed by atoms with E-state index in [1.165, 1.54) is 0 Å². The fourth-order valence-electron chi connectivity index (χ4n) is 1.88. The van der Waals surface area contributed by atoms with Gasteiger partial charge in [-0.1, -0.05) is 27.7 Å². The van der Waals surface area contributed by atoms with Gasteiger partial charge in [0.1, 0.15) is 17.5 Å². The molecule has 1 atom stereocenters. The summed E-state index contributed by atoms with van der Waals surface area (Å²) in [5.41, 5.74) is 1.03. The highest BCUT2D eigenvalue weighted by Crippen LogP contribution is 2.26. The van der Waals surface area contributed by atoms with Gasteiger partial charge in [-0.05, 0) is 24.9 Å². The Labute approximate surface area is 127 Å². The first-order valence-corrected chi connectivity index (χ1v) is 8.48. The number of hydrogen-bond donors (Lipinski definition) is 2. The zero-order chi connectivity index (χ0) is 15.3. The predicted octanol–water partition coefficient (Wildman–Crippen LogP) is 3.54. The van der Waals surface area contributed by atoms with Crippen molar-refractivity contribution in [3.05, 3.63) is 11.4 Å². The summed E-state index contributed by atoms with van der Waals surface area (Å²) in [6.07, 6.45) is 2.14. The van der Waals surface area contributed by atoms with Gasteiger partial charge in [0.15, 0.2) is 0 Å². The average molecular weight is 296 g/mol. The van der Waals surface area contributed by atoms with E-state index >= 15 is 0 Å².